The fourth-order valence-corrected chi connectivity index (χ4v) is 1.95. The molecule has 0 aliphatic heterocycles. The predicted octanol–water partition coefficient (Wildman–Crippen LogP) is 2.56. The summed E-state index contributed by atoms with van der Waals surface area (Å²) >= 11 is 0. The van der Waals surface area contributed by atoms with E-state index in [1.54, 1.807) is 18.7 Å². The van der Waals surface area contributed by atoms with E-state index < -0.39 is 12.0 Å². The van der Waals surface area contributed by atoms with Crippen LogP contribution in [0.3, 0.4) is 0 Å². The highest BCUT2D eigenvalue weighted by Crippen LogP contribution is 2.10. The van der Waals surface area contributed by atoms with Crippen molar-refractivity contribution < 1.29 is 14.7 Å². The minimum atomic E-state index is -0.984. The van der Waals surface area contributed by atoms with Crippen LogP contribution in [0.4, 0.5) is 4.79 Å². The maximum atomic E-state index is 12.1. The van der Waals surface area contributed by atoms with Crippen LogP contribution in [-0.4, -0.2) is 41.1 Å². The molecule has 0 unspecified atom stereocenters. The van der Waals surface area contributed by atoms with Gasteiger partial charge in [0.15, 0.2) is 0 Å². The van der Waals surface area contributed by atoms with Crippen molar-refractivity contribution in [2.45, 2.75) is 53.5 Å². The van der Waals surface area contributed by atoms with E-state index in [2.05, 4.69) is 19.2 Å². The fraction of sp³-hybridized carbons (Fsp3) is 0.857. The highest BCUT2D eigenvalue weighted by molar-refractivity contribution is 5.82. The van der Waals surface area contributed by atoms with Crippen molar-refractivity contribution in [3.63, 3.8) is 0 Å². The number of amides is 2. The van der Waals surface area contributed by atoms with Crippen LogP contribution in [-0.2, 0) is 4.79 Å². The van der Waals surface area contributed by atoms with E-state index in [1.807, 2.05) is 6.92 Å². The maximum absolute atomic E-state index is 12.1. The zero-order chi connectivity index (χ0) is 15.0. The second-order valence-corrected chi connectivity index (χ2v) is 5.23. The molecule has 5 heteroatoms. The smallest absolute Gasteiger partial charge is 0.326 e. The Morgan fingerprint density at radius 3 is 2.00 bits per heavy atom. The summed E-state index contributed by atoms with van der Waals surface area (Å²) in [6.07, 6.45) is 2.04. The van der Waals surface area contributed by atoms with E-state index in [9.17, 15) is 9.59 Å². The van der Waals surface area contributed by atoms with Crippen LogP contribution in [0, 0.1) is 11.8 Å². The Hall–Kier alpha value is -1.26. The number of nitrogens with one attached hydrogen (secondary N) is 1. The van der Waals surface area contributed by atoms with Gasteiger partial charge in [0.25, 0.3) is 0 Å². The molecule has 0 spiro atoms. The molecular weight excluding hydrogens is 244 g/mol. The van der Waals surface area contributed by atoms with Gasteiger partial charge in [0, 0.05) is 13.1 Å². The molecule has 112 valence electrons. The molecule has 2 N–H and O–H groups in total. The number of aliphatic carboxylic acids is 1. The molecular formula is C14H28N2O3. The molecule has 1 atom stereocenters. The number of urea groups is 1. The third-order valence-corrected chi connectivity index (χ3v) is 3.51. The van der Waals surface area contributed by atoms with Crippen molar-refractivity contribution in [3.05, 3.63) is 0 Å². The molecule has 2 amide bonds. The fourth-order valence-electron chi connectivity index (χ4n) is 1.95. The van der Waals surface area contributed by atoms with Gasteiger partial charge in [-0.1, -0.05) is 40.5 Å². The molecule has 0 aliphatic carbocycles. The van der Waals surface area contributed by atoms with Crippen LogP contribution in [0.15, 0.2) is 0 Å². The molecule has 5 nitrogen and oxygen atoms in total. The average Bonchev–Trinajstić information content (AvgIpc) is 2.36. The molecule has 0 fully saturated rings. The van der Waals surface area contributed by atoms with Gasteiger partial charge >= 0.3 is 12.0 Å². The molecule has 0 radical (unpaired) electrons. The number of hydrogen-bond acceptors (Lipinski definition) is 2. The van der Waals surface area contributed by atoms with Crippen LogP contribution in [0.2, 0.25) is 0 Å². The lowest BCUT2D eigenvalue weighted by molar-refractivity contribution is -0.140. The lowest BCUT2D eigenvalue weighted by Crippen LogP contribution is -2.51. The molecule has 0 bridgehead atoms. The molecule has 0 aromatic carbocycles. The molecule has 0 aromatic heterocycles. The van der Waals surface area contributed by atoms with Gasteiger partial charge in [0.1, 0.15) is 6.04 Å². The monoisotopic (exact) mass is 272 g/mol. The van der Waals surface area contributed by atoms with E-state index in [0.29, 0.717) is 19.0 Å². The first-order chi connectivity index (χ1) is 8.87. The highest BCUT2D eigenvalue weighted by Gasteiger charge is 2.26. The summed E-state index contributed by atoms with van der Waals surface area (Å²) in [7, 11) is 0. The van der Waals surface area contributed by atoms with E-state index in [4.69, 9.17) is 5.11 Å². The first kappa shape index (κ1) is 17.7. The summed E-state index contributed by atoms with van der Waals surface area (Å²) in [6, 6.07) is -1.11. The zero-order valence-electron chi connectivity index (χ0n) is 12.8. The van der Waals surface area contributed by atoms with Crippen LogP contribution in [0.25, 0.3) is 0 Å². The first-order valence-corrected chi connectivity index (χ1v) is 7.15. The number of nitrogens with zero attached hydrogens (tertiary/aromatic N) is 1. The Labute approximate surface area is 116 Å². The second kappa shape index (κ2) is 8.77. The molecule has 0 aromatic rings. The summed E-state index contributed by atoms with van der Waals surface area (Å²) in [5, 5.41) is 11.7. The molecule has 0 heterocycles. The quantitative estimate of drug-likeness (QED) is 0.713. The van der Waals surface area contributed by atoms with Crippen LogP contribution < -0.4 is 5.32 Å². The summed E-state index contributed by atoms with van der Waals surface area (Å²) in [6.45, 7) is 11.0. The summed E-state index contributed by atoms with van der Waals surface area (Å²) < 4.78 is 0. The minimum absolute atomic E-state index is 0.131. The van der Waals surface area contributed by atoms with Crippen molar-refractivity contribution in [2.75, 3.05) is 13.1 Å². The second-order valence-electron chi connectivity index (χ2n) is 5.23. The molecule has 0 saturated carbocycles. The SMILES string of the molecule is CCC(CC)CN(CC)C(=O)N[C@@H](C(=O)O)C(C)C. The first-order valence-electron chi connectivity index (χ1n) is 7.15. The van der Waals surface area contributed by atoms with Gasteiger partial charge < -0.3 is 15.3 Å². The highest BCUT2D eigenvalue weighted by atomic mass is 16.4. The number of carboxylic acids is 1. The number of carbonyl (C=O) groups excluding carboxylic acids is 1. The standard InChI is InChI=1S/C14H28N2O3/c1-6-11(7-2)9-16(8-3)14(19)15-12(10(4)5)13(17)18/h10-12H,6-9H2,1-5H3,(H,15,19)(H,17,18)/t12-/m1/s1. The summed E-state index contributed by atoms with van der Waals surface area (Å²) in [4.78, 5) is 24.9. The van der Waals surface area contributed by atoms with Crippen molar-refractivity contribution >= 4 is 12.0 Å². The topological polar surface area (TPSA) is 69.6 Å². The lowest BCUT2D eigenvalue weighted by atomic mass is 10.0. The van der Waals surface area contributed by atoms with Crippen molar-refractivity contribution in [1.29, 1.82) is 0 Å². The summed E-state index contributed by atoms with van der Waals surface area (Å²) in [5.41, 5.74) is 0. The van der Waals surface area contributed by atoms with Gasteiger partial charge in [-0.3, -0.25) is 0 Å². The van der Waals surface area contributed by atoms with Gasteiger partial charge in [-0.25, -0.2) is 9.59 Å². The normalized spacial score (nSPS) is 12.6. The number of hydrogen-bond donors (Lipinski definition) is 2. The maximum Gasteiger partial charge on any atom is 0.326 e. The zero-order valence-corrected chi connectivity index (χ0v) is 12.8. The van der Waals surface area contributed by atoms with Crippen LogP contribution in [0.1, 0.15) is 47.5 Å². The molecule has 0 rings (SSSR count). The third kappa shape index (κ3) is 5.94. The van der Waals surface area contributed by atoms with Gasteiger partial charge in [-0.05, 0) is 18.8 Å². The molecule has 0 saturated heterocycles. The predicted molar refractivity (Wildman–Crippen MR) is 76.1 cm³/mol. The van der Waals surface area contributed by atoms with Gasteiger partial charge in [0.05, 0.1) is 0 Å². The van der Waals surface area contributed by atoms with Gasteiger partial charge in [0.2, 0.25) is 0 Å². The van der Waals surface area contributed by atoms with Gasteiger partial charge in [-0.2, -0.15) is 0 Å². The van der Waals surface area contributed by atoms with Crippen molar-refractivity contribution in [2.24, 2.45) is 11.8 Å². The van der Waals surface area contributed by atoms with E-state index >= 15 is 0 Å². The Balaban J connectivity index is 4.62. The lowest BCUT2D eigenvalue weighted by Gasteiger charge is -2.28. The molecule has 0 aliphatic rings. The Morgan fingerprint density at radius 2 is 1.68 bits per heavy atom. The van der Waals surface area contributed by atoms with E-state index in [0.717, 1.165) is 12.8 Å². The van der Waals surface area contributed by atoms with E-state index in [-0.39, 0.29) is 11.9 Å². The van der Waals surface area contributed by atoms with E-state index in [1.165, 1.54) is 0 Å². The van der Waals surface area contributed by atoms with Crippen LogP contribution >= 0.6 is 0 Å². The minimum Gasteiger partial charge on any atom is -0.480 e. The van der Waals surface area contributed by atoms with Gasteiger partial charge in [-0.15, -0.1) is 0 Å². The Morgan fingerprint density at radius 1 is 1.16 bits per heavy atom. The molecule has 19 heavy (non-hydrogen) atoms. The average molecular weight is 272 g/mol. The van der Waals surface area contributed by atoms with Crippen LogP contribution in [0.5, 0.6) is 0 Å². The van der Waals surface area contributed by atoms with Crippen molar-refractivity contribution in [3.8, 4) is 0 Å². The van der Waals surface area contributed by atoms with Crippen molar-refractivity contribution in [1.82, 2.24) is 10.2 Å². The third-order valence-electron chi connectivity index (χ3n) is 3.51. The Bertz CT molecular complexity index is 288. The Kier molecular flexibility index (Phi) is 8.19. The summed E-state index contributed by atoms with van der Waals surface area (Å²) in [5.74, 6) is -0.650. The number of carbonyl (C=O) groups is 2. The number of carboxylic acid groups (broad SMARTS) is 1. The largest absolute Gasteiger partial charge is 0.480 e. The number of rotatable bonds is 8.